The van der Waals surface area contributed by atoms with Crippen LogP contribution in [0.5, 0.6) is 0 Å². The smallest absolute Gasteiger partial charge is 0.203 e. The summed E-state index contributed by atoms with van der Waals surface area (Å²) in [6, 6.07) is 8.21. The number of para-hydroxylation sites is 2. The van der Waals surface area contributed by atoms with Crippen LogP contribution in [-0.4, -0.2) is 16.1 Å². The Bertz CT molecular complexity index is 511. The van der Waals surface area contributed by atoms with Crippen molar-refractivity contribution in [2.75, 3.05) is 11.9 Å². The first-order valence-corrected chi connectivity index (χ1v) is 6.19. The largest absolute Gasteiger partial charge is 0.355 e. The van der Waals surface area contributed by atoms with Crippen LogP contribution in [0, 0.1) is 5.41 Å². The second kappa shape index (κ2) is 4.40. The summed E-state index contributed by atoms with van der Waals surface area (Å²) in [5, 5.41) is 3.45. The molecule has 0 saturated carbocycles. The Hall–Kier alpha value is -1.51. The number of fused-ring (bicyclic) bond motifs is 1. The lowest BCUT2D eigenvalue weighted by Gasteiger charge is -2.23. The molecule has 0 atom stereocenters. The minimum Gasteiger partial charge on any atom is -0.355 e. The predicted octanol–water partition coefficient (Wildman–Crippen LogP) is 3.42. The van der Waals surface area contributed by atoms with Crippen molar-refractivity contribution in [3.05, 3.63) is 24.3 Å². The van der Waals surface area contributed by atoms with Crippen molar-refractivity contribution in [2.45, 2.75) is 27.2 Å². The third-order valence-electron chi connectivity index (χ3n) is 3.47. The highest BCUT2D eigenvalue weighted by molar-refractivity contribution is 5.78. The van der Waals surface area contributed by atoms with Crippen molar-refractivity contribution in [1.82, 2.24) is 9.55 Å². The molecule has 0 amide bonds. The molecule has 17 heavy (non-hydrogen) atoms. The monoisotopic (exact) mass is 231 g/mol. The van der Waals surface area contributed by atoms with Crippen LogP contribution in [0.3, 0.4) is 0 Å². The third kappa shape index (κ3) is 2.43. The number of nitrogens with one attached hydrogen (secondary N) is 1. The molecule has 3 heteroatoms. The highest BCUT2D eigenvalue weighted by atomic mass is 15.2. The zero-order chi connectivity index (χ0) is 12.5. The first kappa shape index (κ1) is 12.0. The van der Waals surface area contributed by atoms with Gasteiger partial charge in [0.1, 0.15) is 0 Å². The molecule has 0 aliphatic carbocycles. The maximum absolute atomic E-state index is 4.60. The SMILES string of the molecule is CCC(C)(C)CNc1nc2ccccc2n1C. The van der Waals surface area contributed by atoms with E-state index in [1.807, 2.05) is 18.2 Å². The third-order valence-corrected chi connectivity index (χ3v) is 3.47. The molecular weight excluding hydrogens is 210 g/mol. The van der Waals surface area contributed by atoms with Crippen LogP contribution in [-0.2, 0) is 7.05 Å². The molecule has 1 aromatic heterocycles. The fourth-order valence-corrected chi connectivity index (χ4v) is 1.75. The number of rotatable bonds is 4. The van der Waals surface area contributed by atoms with Crippen LogP contribution in [0.15, 0.2) is 24.3 Å². The van der Waals surface area contributed by atoms with Crippen LogP contribution in [0.2, 0.25) is 0 Å². The average Bonchev–Trinajstić information content (AvgIpc) is 2.65. The fraction of sp³-hybridized carbons (Fsp3) is 0.500. The zero-order valence-corrected chi connectivity index (χ0v) is 11.1. The minimum atomic E-state index is 0.304. The molecule has 1 N–H and O–H groups in total. The summed E-state index contributed by atoms with van der Waals surface area (Å²) in [6.07, 6.45) is 1.16. The number of imidazole rings is 1. The Balaban J connectivity index is 2.22. The van der Waals surface area contributed by atoms with Crippen molar-refractivity contribution in [3.63, 3.8) is 0 Å². The van der Waals surface area contributed by atoms with E-state index in [2.05, 4.69) is 48.8 Å². The molecule has 0 aliphatic heterocycles. The van der Waals surface area contributed by atoms with Gasteiger partial charge < -0.3 is 9.88 Å². The summed E-state index contributed by atoms with van der Waals surface area (Å²) in [7, 11) is 2.05. The van der Waals surface area contributed by atoms with E-state index in [0.717, 1.165) is 24.4 Å². The molecule has 0 unspecified atom stereocenters. The van der Waals surface area contributed by atoms with Crippen LogP contribution in [0.1, 0.15) is 27.2 Å². The van der Waals surface area contributed by atoms with Gasteiger partial charge in [-0.05, 0) is 24.0 Å². The van der Waals surface area contributed by atoms with E-state index in [4.69, 9.17) is 0 Å². The topological polar surface area (TPSA) is 29.9 Å². The van der Waals surface area contributed by atoms with Crippen molar-refractivity contribution < 1.29 is 0 Å². The summed E-state index contributed by atoms with van der Waals surface area (Å²) in [6.45, 7) is 7.70. The van der Waals surface area contributed by atoms with Gasteiger partial charge >= 0.3 is 0 Å². The van der Waals surface area contributed by atoms with Crippen molar-refractivity contribution in [1.29, 1.82) is 0 Å². The normalized spacial score (nSPS) is 12.0. The van der Waals surface area contributed by atoms with Gasteiger partial charge in [-0.15, -0.1) is 0 Å². The van der Waals surface area contributed by atoms with Gasteiger partial charge in [-0.1, -0.05) is 32.9 Å². The highest BCUT2D eigenvalue weighted by Gasteiger charge is 2.16. The minimum absolute atomic E-state index is 0.304. The van der Waals surface area contributed by atoms with Crippen molar-refractivity contribution in [3.8, 4) is 0 Å². The number of anilines is 1. The van der Waals surface area contributed by atoms with Crippen molar-refractivity contribution >= 4 is 17.0 Å². The average molecular weight is 231 g/mol. The molecule has 3 nitrogen and oxygen atoms in total. The first-order chi connectivity index (χ1) is 8.03. The molecule has 1 heterocycles. The maximum atomic E-state index is 4.60. The Morgan fingerprint density at radius 1 is 1.29 bits per heavy atom. The number of hydrogen-bond donors (Lipinski definition) is 1. The fourth-order valence-electron chi connectivity index (χ4n) is 1.75. The van der Waals surface area contributed by atoms with Gasteiger partial charge in [0.15, 0.2) is 0 Å². The van der Waals surface area contributed by atoms with Crippen LogP contribution < -0.4 is 5.32 Å². The number of aryl methyl sites for hydroxylation is 1. The Morgan fingerprint density at radius 3 is 2.65 bits per heavy atom. The Labute approximate surface area is 103 Å². The Morgan fingerprint density at radius 2 is 2.00 bits per heavy atom. The van der Waals surface area contributed by atoms with Crippen LogP contribution in [0.25, 0.3) is 11.0 Å². The van der Waals surface area contributed by atoms with Gasteiger partial charge in [-0.2, -0.15) is 0 Å². The van der Waals surface area contributed by atoms with E-state index in [1.54, 1.807) is 0 Å². The van der Waals surface area contributed by atoms with Gasteiger partial charge in [-0.25, -0.2) is 4.98 Å². The van der Waals surface area contributed by atoms with E-state index < -0.39 is 0 Å². The van der Waals surface area contributed by atoms with Gasteiger partial charge in [0.25, 0.3) is 0 Å². The summed E-state index contributed by atoms with van der Waals surface area (Å²) >= 11 is 0. The second-order valence-corrected chi connectivity index (χ2v) is 5.35. The first-order valence-electron chi connectivity index (χ1n) is 6.19. The van der Waals surface area contributed by atoms with Gasteiger partial charge in [0.2, 0.25) is 5.95 Å². The van der Waals surface area contributed by atoms with Gasteiger partial charge in [0, 0.05) is 13.6 Å². The summed E-state index contributed by atoms with van der Waals surface area (Å²) < 4.78 is 2.11. The summed E-state index contributed by atoms with van der Waals surface area (Å²) in [5.41, 5.74) is 2.52. The van der Waals surface area contributed by atoms with E-state index in [-0.39, 0.29) is 0 Å². The molecule has 1 aromatic carbocycles. The molecule has 92 valence electrons. The standard InChI is InChI=1S/C14H21N3/c1-5-14(2,3)10-15-13-16-11-8-6-7-9-12(11)17(13)4/h6-9H,5,10H2,1-4H3,(H,15,16). The number of nitrogens with zero attached hydrogens (tertiary/aromatic N) is 2. The van der Waals surface area contributed by atoms with E-state index in [0.29, 0.717) is 5.41 Å². The van der Waals surface area contributed by atoms with Crippen LogP contribution >= 0.6 is 0 Å². The van der Waals surface area contributed by atoms with E-state index in [1.165, 1.54) is 5.52 Å². The van der Waals surface area contributed by atoms with Gasteiger partial charge in [-0.3, -0.25) is 0 Å². The molecule has 0 radical (unpaired) electrons. The lowest BCUT2D eigenvalue weighted by molar-refractivity contribution is 0.376. The quantitative estimate of drug-likeness (QED) is 0.873. The van der Waals surface area contributed by atoms with E-state index in [9.17, 15) is 0 Å². The Kier molecular flexibility index (Phi) is 3.09. The molecule has 0 aliphatic rings. The number of hydrogen-bond acceptors (Lipinski definition) is 2. The molecule has 0 spiro atoms. The second-order valence-electron chi connectivity index (χ2n) is 5.35. The lowest BCUT2D eigenvalue weighted by Crippen LogP contribution is -2.23. The summed E-state index contributed by atoms with van der Waals surface area (Å²) in [4.78, 5) is 4.60. The van der Waals surface area contributed by atoms with Crippen molar-refractivity contribution in [2.24, 2.45) is 12.5 Å². The molecule has 0 fully saturated rings. The lowest BCUT2D eigenvalue weighted by atomic mass is 9.90. The van der Waals surface area contributed by atoms with E-state index >= 15 is 0 Å². The maximum Gasteiger partial charge on any atom is 0.203 e. The summed E-state index contributed by atoms with van der Waals surface area (Å²) in [5.74, 6) is 0.952. The van der Waals surface area contributed by atoms with Gasteiger partial charge in [0.05, 0.1) is 11.0 Å². The zero-order valence-electron chi connectivity index (χ0n) is 11.1. The van der Waals surface area contributed by atoms with Crippen LogP contribution in [0.4, 0.5) is 5.95 Å². The predicted molar refractivity (Wildman–Crippen MR) is 73.3 cm³/mol. The molecular formula is C14H21N3. The molecule has 2 aromatic rings. The highest BCUT2D eigenvalue weighted by Crippen LogP contribution is 2.22. The molecule has 2 rings (SSSR count). The number of aromatic nitrogens is 2. The molecule has 0 saturated heterocycles. The number of benzene rings is 1. The molecule has 0 bridgehead atoms.